The third-order valence-corrected chi connectivity index (χ3v) is 3.74. The summed E-state index contributed by atoms with van der Waals surface area (Å²) in [6.07, 6.45) is -6.84. The fourth-order valence-electron chi connectivity index (χ4n) is 2.38. The van der Waals surface area contributed by atoms with Gasteiger partial charge in [0.15, 0.2) is 0 Å². The molecular weight excluding hydrogens is 336 g/mol. The van der Waals surface area contributed by atoms with Gasteiger partial charge in [-0.2, -0.15) is 0 Å². The average Bonchev–Trinajstić information content (AvgIpc) is 2.60. The first-order chi connectivity index (χ1) is 11.9. The average molecular weight is 358 g/mol. The number of ether oxygens (including phenoxy) is 3. The summed E-state index contributed by atoms with van der Waals surface area (Å²) < 4.78 is 15.6. The topological polar surface area (TPSA) is 146 Å². The van der Waals surface area contributed by atoms with Gasteiger partial charge in [0.05, 0.1) is 13.2 Å². The van der Waals surface area contributed by atoms with Crippen molar-refractivity contribution >= 4 is 5.97 Å². The zero-order valence-corrected chi connectivity index (χ0v) is 13.6. The first kappa shape index (κ1) is 19.4. The molecule has 0 aliphatic carbocycles. The largest absolute Gasteiger partial charge is 0.507 e. The minimum Gasteiger partial charge on any atom is -0.507 e. The SMILES string of the molecule is CCCOC(=O)c1c(O)cccc1O[C@@H]1O[C@H](CO)[C@@H](O)[C@H](O)[C@H]1O. The molecule has 5 atom stereocenters. The van der Waals surface area contributed by atoms with Crippen molar-refractivity contribution in [3.8, 4) is 11.5 Å². The number of aliphatic hydroxyl groups is 4. The molecule has 0 spiro atoms. The van der Waals surface area contributed by atoms with Crippen LogP contribution in [-0.2, 0) is 9.47 Å². The highest BCUT2D eigenvalue weighted by atomic mass is 16.7. The molecule has 1 aromatic carbocycles. The molecule has 9 heteroatoms. The molecule has 0 saturated carbocycles. The van der Waals surface area contributed by atoms with Crippen molar-refractivity contribution in [2.75, 3.05) is 13.2 Å². The highest BCUT2D eigenvalue weighted by Crippen LogP contribution is 2.31. The van der Waals surface area contributed by atoms with Gasteiger partial charge in [-0.1, -0.05) is 13.0 Å². The van der Waals surface area contributed by atoms with Crippen LogP contribution in [0.15, 0.2) is 18.2 Å². The second-order valence-electron chi connectivity index (χ2n) is 5.60. The second-order valence-corrected chi connectivity index (χ2v) is 5.60. The van der Waals surface area contributed by atoms with Gasteiger partial charge in [-0.05, 0) is 18.6 Å². The van der Waals surface area contributed by atoms with E-state index in [9.17, 15) is 30.3 Å². The maximum absolute atomic E-state index is 12.1. The number of phenolic OH excluding ortho intramolecular Hbond substituents is 1. The summed E-state index contributed by atoms with van der Waals surface area (Å²) in [6.45, 7) is 1.34. The monoisotopic (exact) mass is 358 g/mol. The van der Waals surface area contributed by atoms with Gasteiger partial charge in [0.1, 0.15) is 41.5 Å². The summed E-state index contributed by atoms with van der Waals surface area (Å²) in [7, 11) is 0. The van der Waals surface area contributed by atoms with E-state index in [0.717, 1.165) is 0 Å². The van der Waals surface area contributed by atoms with E-state index in [1.54, 1.807) is 0 Å². The molecule has 0 amide bonds. The van der Waals surface area contributed by atoms with Gasteiger partial charge < -0.3 is 39.7 Å². The molecule has 1 saturated heterocycles. The van der Waals surface area contributed by atoms with Gasteiger partial charge in [0.25, 0.3) is 0 Å². The van der Waals surface area contributed by atoms with Gasteiger partial charge in [0, 0.05) is 0 Å². The van der Waals surface area contributed by atoms with E-state index in [-0.39, 0.29) is 23.7 Å². The van der Waals surface area contributed by atoms with Crippen molar-refractivity contribution in [2.45, 2.75) is 44.1 Å². The number of aromatic hydroxyl groups is 1. The van der Waals surface area contributed by atoms with Crippen molar-refractivity contribution in [1.82, 2.24) is 0 Å². The van der Waals surface area contributed by atoms with Crippen molar-refractivity contribution in [3.63, 3.8) is 0 Å². The highest BCUT2D eigenvalue weighted by Gasteiger charge is 2.45. The molecule has 25 heavy (non-hydrogen) atoms. The number of aliphatic hydroxyl groups excluding tert-OH is 4. The zero-order chi connectivity index (χ0) is 18.6. The van der Waals surface area contributed by atoms with E-state index in [1.165, 1.54) is 18.2 Å². The van der Waals surface area contributed by atoms with Crippen LogP contribution >= 0.6 is 0 Å². The lowest BCUT2D eigenvalue weighted by Crippen LogP contribution is -2.60. The van der Waals surface area contributed by atoms with E-state index in [1.807, 2.05) is 6.92 Å². The van der Waals surface area contributed by atoms with Gasteiger partial charge in [-0.15, -0.1) is 0 Å². The molecule has 0 unspecified atom stereocenters. The third kappa shape index (κ3) is 4.20. The first-order valence-corrected chi connectivity index (χ1v) is 7.87. The van der Waals surface area contributed by atoms with Crippen LogP contribution in [0.5, 0.6) is 11.5 Å². The number of benzene rings is 1. The fourth-order valence-corrected chi connectivity index (χ4v) is 2.38. The van der Waals surface area contributed by atoms with Crippen LogP contribution in [0.25, 0.3) is 0 Å². The Kier molecular flexibility index (Phi) is 6.57. The smallest absolute Gasteiger partial charge is 0.345 e. The Bertz CT molecular complexity index is 589. The van der Waals surface area contributed by atoms with Gasteiger partial charge >= 0.3 is 5.97 Å². The Hall–Kier alpha value is -1.91. The number of hydrogen-bond acceptors (Lipinski definition) is 9. The Balaban J connectivity index is 2.24. The maximum atomic E-state index is 12.1. The van der Waals surface area contributed by atoms with Gasteiger partial charge in [-0.3, -0.25) is 0 Å². The molecule has 1 heterocycles. The van der Waals surface area contributed by atoms with Gasteiger partial charge in [0.2, 0.25) is 6.29 Å². The Morgan fingerprint density at radius 1 is 1.20 bits per heavy atom. The second kappa shape index (κ2) is 8.45. The van der Waals surface area contributed by atoms with Gasteiger partial charge in [-0.25, -0.2) is 4.79 Å². The third-order valence-electron chi connectivity index (χ3n) is 3.74. The van der Waals surface area contributed by atoms with Crippen LogP contribution in [-0.4, -0.2) is 75.4 Å². The minimum atomic E-state index is -1.64. The predicted octanol–water partition coefficient (Wildman–Crippen LogP) is -0.862. The van der Waals surface area contributed by atoms with E-state index in [2.05, 4.69) is 0 Å². The molecule has 0 aromatic heterocycles. The number of carbonyl (C=O) groups excluding carboxylic acids is 1. The van der Waals surface area contributed by atoms with Crippen LogP contribution in [0.2, 0.25) is 0 Å². The Labute approximate surface area is 144 Å². The normalized spacial score (nSPS) is 29.2. The highest BCUT2D eigenvalue weighted by molar-refractivity contribution is 5.95. The molecule has 1 aliphatic heterocycles. The Morgan fingerprint density at radius 3 is 2.56 bits per heavy atom. The predicted molar refractivity (Wildman–Crippen MR) is 83.1 cm³/mol. The molecular formula is C16H22O9. The number of hydrogen-bond donors (Lipinski definition) is 5. The lowest BCUT2D eigenvalue weighted by molar-refractivity contribution is -0.277. The van der Waals surface area contributed by atoms with E-state index in [0.29, 0.717) is 6.42 Å². The molecule has 1 fully saturated rings. The molecule has 2 rings (SSSR count). The molecule has 9 nitrogen and oxygen atoms in total. The quantitative estimate of drug-likeness (QED) is 0.410. The van der Waals surface area contributed by atoms with E-state index < -0.39 is 43.3 Å². The maximum Gasteiger partial charge on any atom is 0.345 e. The number of carbonyl (C=O) groups is 1. The number of phenols is 1. The lowest BCUT2D eigenvalue weighted by atomic mass is 9.99. The molecule has 0 radical (unpaired) electrons. The molecule has 1 aromatic rings. The van der Waals surface area contributed by atoms with Crippen LogP contribution < -0.4 is 4.74 Å². The minimum absolute atomic E-state index is 0.134. The number of rotatable bonds is 6. The first-order valence-electron chi connectivity index (χ1n) is 7.87. The zero-order valence-electron chi connectivity index (χ0n) is 13.6. The van der Waals surface area contributed by atoms with Crippen molar-refractivity contribution in [3.05, 3.63) is 23.8 Å². The van der Waals surface area contributed by atoms with Crippen molar-refractivity contribution < 1.29 is 44.5 Å². The van der Waals surface area contributed by atoms with E-state index in [4.69, 9.17) is 14.2 Å². The summed E-state index contributed by atoms with van der Waals surface area (Å²) in [5.74, 6) is -1.34. The van der Waals surface area contributed by atoms with Crippen molar-refractivity contribution in [1.29, 1.82) is 0 Å². The van der Waals surface area contributed by atoms with E-state index >= 15 is 0 Å². The summed E-state index contributed by atoms with van der Waals surface area (Å²) in [5, 5.41) is 48.7. The molecule has 5 N–H and O–H groups in total. The molecule has 140 valence electrons. The van der Waals surface area contributed by atoms with Crippen LogP contribution in [0.4, 0.5) is 0 Å². The molecule has 0 bridgehead atoms. The molecule has 1 aliphatic rings. The summed E-state index contributed by atoms with van der Waals surface area (Å²) in [5.41, 5.74) is -0.257. The number of esters is 1. The summed E-state index contributed by atoms with van der Waals surface area (Å²) >= 11 is 0. The fraction of sp³-hybridized carbons (Fsp3) is 0.562. The lowest BCUT2D eigenvalue weighted by Gasteiger charge is -2.39. The standard InChI is InChI=1S/C16H22O9/c1-2-6-23-15(22)11-8(18)4-3-5-9(11)24-16-14(21)13(20)12(19)10(7-17)25-16/h3-5,10,12-14,16-21H,2,6-7H2,1H3/t10-,12-,13+,14-,16-/m1/s1. The van der Waals surface area contributed by atoms with Crippen LogP contribution in [0.1, 0.15) is 23.7 Å². The van der Waals surface area contributed by atoms with Crippen molar-refractivity contribution in [2.24, 2.45) is 0 Å². The summed E-state index contributed by atoms with van der Waals surface area (Å²) in [6, 6.07) is 4.03. The Morgan fingerprint density at radius 2 is 1.92 bits per heavy atom. The summed E-state index contributed by atoms with van der Waals surface area (Å²) in [4.78, 5) is 12.1. The van der Waals surface area contributed by atoms with Crippen LogP contribution in [0.3, 0.4) is 0 Å². The van der Waals surface area contributed by atoms with Crippen LogP contribution in [0, 0.1) is 0 Å².